The number of rotatable bonds is 4. The van der Waals surface area contributed by atoms with Gasteiger partial charge in [0.15, 0.2) is 6.10 Å². The van der Waals surface area contributed by atoms with Gasteiger partial charge in [0, 0.05) is 14.9 Å². The Kier molecular flexibility index (Phi) is 5.06. The van der Waals surface area contributed by atoms with Crippen LogP contribution in [0.5, 0.6) is 5.75 Å². The summed E-state index contributed by atoms with van der Waals surface area (Å²) in [6.45, 7) is 3.59. The average molecular weight is 396 g/mol. The number of benzene rings is 2. The number of hydrogen-bond donors (Lipinski definition) is 2. The molecule has 110 valence electrons. The number of ether oxygens (including phenoxy) is 1. The number of nitrogen functional groups attached to an aromatic ring is 1. The van der Waals surface area contributed by atoms with Gasteiger partial charge in [0.1, 0.15) is 5.75 Å². The van der Waals surface area contributed by atoms with E-state index in [0.29, 0.717) is 17.1 Å². The van der Waals surface area contributed by atoms with Crippen molar-refractivity contribution in [3.05, 3.63) is 51.6 Å². The van der Waals surface area contributed by atoms with E-state index in [4.69, 9.17) is 10.5 Å². The van der Waals surface area contributed by atoms with Gasteiger partial charge in [0.2, 0.25) is 0 Å². The first-order valence-corrected chi connectivity index (χ1v) is 7.63. The van der Waals surface area contributed by atoms with Crippen molar-refractivity contribution in [2.24, 2.45) is 0 Å². The van der Waals surface area contributed by atoms with Crippen molar-refractivity contribution >= 4 is 39.9 Å². The molecule has 0 heterocycles. The molecule has 0 aliphatic rings. The zero-order valence-electron chi connectivity index (χ0n) is 11.9. The quantitative estimate of drug-likeness (QED) is 0.614. The van der Waals surface area contributed by atoms with Gasteiger partial charge in [-0.05, 0) is 78.4 Å². The minimum absolute atomic E-state index is 0.206. The molecular weight excluding hydrogens is 379 g/mol. The molecule has 0 fully saturated rings. The Bertz CT molecular complexity index is 641. The van der Waals surface area contributed by atoms with Crippen LogP contribution in [0.1, 0.15) is 12.5 Å². The van der Waals surface area contributed by atoms with Gasteiger partial charge in [0.25, 0.3) is 5.91 Å². The number of carbonyl (C=O) groups excluding carboxylic acids is 1. The highest BCUT2D eigenvalue weighted by Gasteiger charge is 2.16. The lowest BCUT2D eigenvalue weighted by Gasteiger charge is -2.16. The van der Waals surface area contributed by atoms with Gasteiger partial charge < -0.3 is 15.8 Å². The average Bonchev–Trinajstić information content (AvgIpc) is 2.46. The minimum Gasteiger partial charge on any atom is -0.481 e. The molecule has 0 aromatic heterocycles. The molecule has 0 spiro atoms. The summed E-state index contributed by atoms with van der Waals surface area (Å²) in [5.41, 5.74) is 8.04. The molecule has 0 radical (unpaired) electrons. The van der Waals surface area contributed by atoms with Crippen molar-refractivity contribution in [2.75, 3.05) is 11.1 Å². The molecule has 0 saturated heterocycles. The topological polar surface area (TPSA) is 64.3 Å². The van der Waals surface area contributed by atoms with E-state index < -0.39 is 6.10 Å². The van der Waals surface area contributed by atoms with Crippen LogP contribution in [-0.2, 0) is 4.79 Å². The monoisotopic (exact) mass is 396 g/mol. The van der Waals surface area contributed by atoms with Crippen molar-refractivity contribution in [3.63, 3.8) is 0 Å². The van der Waals surface area contributed by atoms with Crippen LogP contribution in [0, 0.1) is 10.5 Å². The first-order valence-electron chi connectivity index (χ1n) is 6.55. The molecule has 2 aromatic carbocycles. The van der Waals surface area contributed by atoms with Crippen LogP contribution in [0.2, 0.25) is 0 Å². The zero-order chi connectivity index (χ0) is 15.4. The fraction of sp³-hybridized carbons (Fsp3) is 0.188. The number of hydrogen-bond acceptors (Lipinski definition) is 3. The third-order valence-electron chi connectivity index (χ3n) is 3.13. The molecule has 5 heteroatoms. The third kappa shape index (κ3) is 4.10. The van der Waals surface area contributed by atoms with Crippen molar-refractivity contribution in [1.29, 1.82) is 0 Å². The Balaban J connectivity index is 2.02. The first kappa shape index (κ1) is 15.6. The zero-order valence-corrected chi connectivity index (χ0v) is 14.0. The number of nitrogens with one attached hydrogen (secondary N) is 1. The molecule has 0 aliphatic carbocycles. The molecule has 1 unspecified atom stereocenters. The van der Waals surface area contributed by atoms with Crippen LogP contribution in [0.15, 0.2) is 42.5 Å². The van der Waals surface area contributed by atoms with E-state index in [1.807, 2.05) is 43.3 Å². The van der Waals surface area contributed by atoms with Gasteiger partial charge >= 0.3 is 0 Å². The lowest BCUT2D eigenvalue weighted by atomic mass is 10.1. The van der Waals surface area contributed by atoms with E-state index in [9.17, 15) is 4.79 Å². The van der Waals surface area contributed by atoms with Gasteiger partial charge in [-0.1, -0.05) is 6.07 Å². The Labute approximate surface area is 137 Å². The normalized spacial score (nSPS) is 11.8. The van der Waals surface area contributed by atoms with Crippen LogP contribution in [0.3, 0.4) is 0 Å². The Morgan fingerprint density at radius 2 is 1.90 bits per heavy atom. The van der Waals surface area contributed by atoms with E-state index in [1.165, 1.54) is 0 Å². The molecule has 1 atom stereocenters. The van der Waals surface area contributed by atoms with Crippen molar-refractivity contribution in [2.45, 2.75) is 20.0 Å². The fourth-order valence-corrected chi connectivity index (χ4v) is 2.15. The second kappa shape index (κ2) is 6.80. The molecule has 1 amide bonds. The Hall–Kier alpha value is -1.76. The van der Waals surface area contributed by atoms with Crippen LogP contribution in [0.25, 0.3) is 0 Å². The molecule has 2 aromatic rings. The van der Waals surface area contributed by atoms with E-state index in [-0.39, 0.29) is 5.91 Å². The largest absolute Gasteiger partial charge is 0.481 e. The van der Waals surface area contributed by atoms with E-state index in [1.54, 1.807) is 13.0 Å². The second-order valence-corrected chi connectivity index (χ2v) is 5.97. The summed E-state index contributed by atoms with van der Waals surface area (Å²) in [5, 5.41) is 2.84. The Morgan fingerprint density at radius 1 is 1.24 bits per heavy atom. The summed E-state index contributed by atoms with van der Waals surface area (Å²) < 4.78 is 6.74. The van der Waals surface area contributed by atoms with Gasteiger partial charge in [-0.15, -0.1) is 0 Å². The highest BCUT2D eigenvalue weighted by atomic mass is 127. The smallest absolute Gasteiger partial charge is 0.265 e. The number of carbonyl (C=O) groups is 1. The van der Waals surface area contributed by atoms with Crippen molar-refractivity contribution in [1.82, 2.24) is 0 Å². The predicted octanol–water partition coefficient (Wildman–Crippen LogP) is 3.59. The summed E-state index contributed by atoms with van der Waals surface area (Å²) >= 11 is 2.22. The lowest BCUT2D eigenvalue weighted by Crippen LogP contribution is -2.30. The molecule has 3 N–H and O–H groups in total. The highest BCUT2D eigenvalue weighted by molar-refractivity contribution is 14.1. The lowest BCUT2D eigenvalue weighted by molar-refractivity contribution is -0.122. The van der Waals surface area contributed by atoms with Crippen LogP contribution in [-0.4, -0.2) is 12.0 Å². The summed E-state index contributed by atoms with van der Waals surface area (Å²) in [7, 11) is 0. The van der Waals surface area contributed by atoms with Gasteiger partial charge in [-0.25, -0.2) is 0 Å². The first-order chi connectivity index (χ1) is 9.97. The summed E-state index contributed by atoms with van der Waals surface area (Å²) in [6.07, 6.45) is -0.592. The van der Waals surface area contributed by atoms with Crippen LogP contribution >= 0.6 is 22.6 Å². The maximum Gasteiger partial charge on any atom is 0.265 e. The van der Waals surface area contributed by atoms with Crippen LogP contribution < -0.4 is 15.8 Å². The van der Waals surface area contributed by atoms with Gasteiger partial charge in [-0.3, -0.25) is 4.79 Å². The van der Waals surface area contributed by atoms with E-state index in [0.717, 1.165) is 9.13 Å². The maximum absolute atomic E-state index is 12.2. The summed E-state index contributed by atoms with van der Waals surface area (Å²) in [4.78, 5) is 12.2. The van der Waals surface area contributed by atoms with Gasteiger partial charge in [-0.2, -0.15) is 0 Å². The molecule has 0 bridgehead atoms. The molecule has 21 heavy (non-hydrogen) atoms. The van der Waals surface area contributed by atoms with Crippen LogP contribution in [0.4, 0.5) is 11.4 Å². The van der Waals surface area contributed by atoms with Gasteiger partial charge in [0.05, 0.1) is 0 Å². The summed E-state index contributed by atoms with van der Waals surface area (Å²) in [5.74, 6) is 0.463. The predicted molar refractivity (Wildman–Crippen MR) is 93.5 cm³/mol. The molecule has 4 nitrogen and oxygen atoms in total. The van der Waals surface area contributed by atoms with Crippen molar-refractivity contribution < 1.29 is 9.53 Å². The maximum atomic E-state index is 12.2. The molecular formula is C16H17IN2O2. The standard InChI is InChI=1S/C16H17IN2O2/c1-10-14(18)4-3-5-15(10)19-16(20)11(2)21-13-8-6-12(17)7-9-13/h3-9,11H,18H2,1-2H3,(H,19,20). The Morgan fingerprint density at radius 3 is 2.57 bits per heavy atom. The SMILES string of the molecule is Cc1c(N)cccc1NC(=O)C(C)Oc1ccc(I)cc1. The number of halogens is 1. The second-order valence-electron chi connectivity index (χ2n) is 4.72. The number of amides is 1. The summed E-state index contributed by atoms with van der Waals surface area (Å²) in [6, 6.07) is 13.0. The minimum atomic E-state index is -0.592. The highest BCUT2D eigenvalue weighted by Crippen LogP contribution is 2.21. The van der Waals surface area contributed by atoms with Crippen molar-refractivity contribution in [3.8, 4) is 5.75 Å². The van der Waals surface area contributed by atoms with E-state index >= 15 is 0 Å². The number of nitrogens with two attached hydrogens (primary N) is 1. The number of anilines is 2. The molecule has 2 rings (SSSR count). The third-order valence-corrected chi connectivity index (χ3v) is 3.85. The molecule has 0 saturated carbocycles. The van der Waals surface area contributed by atoms with E-state index in [2.05, 4.69) is 27.9 Å². The fourth-order valence-electron chi connectivity index (χ4n) is 1.79. The molecule has 0 aliphatic heterocycles.